The van der Waals surface area contributed by atoms with Crippen molar-refractivity contribution >= 4 is 0 Å². The molecule has 0 spiro atoms. The Morgan fingerprint density at radius 2 is 1.70 bits per heavy atom. The maximum Gasteiger partial charge on any atom is 0.127 e. The number of hydrogen-bond donors (Lipinski definition) is 1. The van der Waals surface area contributed by atoms with Gasteiger partial charge in [-0.05, 0) is 37.5 Å². The van der Waals surface area contributed by atoms with Crippen LogP contribution in [0, 0.1) is 19.7 Å². The average Bonchev–Trinajstić information content (AvgIpc) is 2.34. The van der Waals surface area contributed by atoms with Crippen molar-refractivity contribution in [2.24, 2.45) is 0 Å². The van der Waals surface area contributed by atoms with E-state index in [9.17, 15) is 4.39 Å². The Morgan fingerprint density at radius 1 is 1.05 bits per heavy atom. The second-order valence-electron chi connectivity index (χ2n) is 6.04. The largest absolute Gasteiger partial charge is 0.315 e. The molecule has 0 unspecified atom stereocenters. The number of aryl methyl sites for hydroxylation is 2. The van der Waals surface area contributed by atoms with Crippen molar-refractivity contribution in [3.8, 4) is 0 Å². The molecule has 3 rings (SSSR count). The normalized spacial score (nSPS) is 16.8. The van der Waals surface area contributed by atoms with Crippen LogP contribution in [0.3, 0.4) is 0 Å². The van der Waals surface area contributed by atoms with Gasteiger partial charge >= 0.3 is 0 Å². The molecule has 2 aromatic carbocycles. The highest BCUT2D eigenvalue weighted by Crippen LogP contribution is 2.34. The van der Waals surface area contributed by atoms with Crippen LogP contribution in [0.2, 0.25) is 0 Å². The van der Waals surface area contributed by atoms with E-state index < -0.39 is 0 Å². The Kier molecular flexibility index (Phi) is 3.35. The molecular formula is C18H20FN. The molecule has 0 radical (unpaired) electrons. The van der Waals surface area contributed by atoms with Crippen LogP contribution >= 0.6 is 0 Å². The summed E-state index contributed by atoms with van der Waals surface area (Å²) in [6.07, 6.45) is 0.892. The van der Waals surface area contributed by atoms with E-state index in [0.717, 1.165) is 25.1 Å². The zero-order chi connectivity index (χ0) is 14.2. The van der Waals surface area contributed by atoms with Crippen molar-refractivity contribution in [1.29, 1.82) is 0 Å². The van der Waals surface area contributed by atoms with Gasteiger partial charge in [-0.2, -0.15) is 0 Å². The first-order valence-electron chi connectivity index (χ1n) is 7.12. The molecule has 0 aliphatic carbocycles. The topological polar surface area (TPSA) is 12.0 Å². The summed E-state index contributed by atoms with van der Waals surface area (Å²) >= 11 is 0. The van der Waals surface area contributed by atoms with Crippen molar-refractivity contribution in [2.75, 3.05) is 13.1 Å². The highest BCUT2D eigenvalue weighted by molar-refractivity contribution is 5.37. The lowest BCUT2D eigenvalue weighted by molar-refractivity contribution is 0.266. The Bertz CT molecular complexity index is 609. The number of hydrogen-bond acceptors (Lipinski definition) is 1. The van der Waals surface area contributed by atoms with E-state index in [1.54, 1.807) is 12.1 Å². The molecule has 1 aliphatic heterocycles. The predicted molar refractivity (Wildman–Crippen MR) is 80.6 cm³/mol. The zero-order valence-corrected chi connectivity index (χ0v) is 12.0. The van der Waals surface area contributed by atoms with E-state index in [-0.39, 0.29) is 11.2 Å². The third-order valence-electron chi connectivity index (χ3n) is 4.20. The third kappa shape index (κ3) is 2.36. The highest BCUT2D eigenvalue weighted by Gasteiger charge is 2.40. The predicted octanol–water partition coefficient (Wildman–Crippen LogP) is 3.53. The quantitative estimate of drug-likeness (QED) is 0.899. The second kappa shape index (κ2) is 5.02. The first kappa shape index (κ1) is 13.3. The lowest BCUT2D eigenvalue weighted by Crippen LogP contribution is -2.58. The van der Waals surface area contributed by atoms with Gasteiger partial charge in [0.2, 0.25) is 0 Å². The Hall–Kier alpha value is -1.67. The van der Waals surface area contributed by atoms with E-state index in [2.05, 4.69) is 37.4 Å². The van der Waals surface area contributed by atoms with Gasteiger partial charge in [-0.15, -0.1) is 0 Å². The van der Waals surface area contributed by atoms with E-state index >= 15 is 0 Å². The molecule has 1 saturated heterocycles. The lowest BCUT2D eigenvalue weighted by atomic mass is 9.70. The molecule has 0 saturated carbocycles. The molecule has 1 N–H and O–H groups in total. The van der Waals surface area contributed by atoms with Gasteiger partial charge in [0.1, 0.15) is 5.82 Å². The van der Waals surface area contributed by atoms with E-state index in [1.807, 2.05) is 12.1 Å². The standard InChI is InChI=1S/C18H20FN/c1-13-7-14(2)9-15(8-13)10-18(11-20-12-18)16-5-3-4-6-17(16)19/h3-9,20H,10-12H2,1-2H3. The summed E-state index contributed by atoms with van der Waals surface area (Å²) in [6, 6.07) is 13.8. The molecule has 1 aliphatic rings. The number of rotatable bonds is 3. The SMILES string of the molecule is Cc1cc(C)cc(CC2(c3ccccc3F)CNC2)c1. The van der Waals surface area contributed by atoms with E-state index in [0.29, 0.717) is 0 Å². The average molecular weight is 269 g/mol. The minimum absolute atomic E-state index is 0.0848. The van der Waals surface area contributed by atoms with E-state index in [1.165, 1.54) is 16.7 Å². The summed E-state index contributed by atoms with van der Waals surface area (Å²) in [7, 11) is 0. The van der Waals surface area contributed by atoms with Crippen LogP contribution in [-0.4, -0.2) is 13.1 Å². The molecule has 20 heavy (non-hydrogen) atoms. The maximum absolute atomic E-state index is 14.1. The summed E-state index contributed by atoms with van der Waals surface area (Å²) in [5, 5.41) is 3.31. The summed E-state index contributed by atoms with van der Waals surface area (Å²) in [5.41, 5.74) is 4.60. The van der Waals surface area contributed by atoms with Crippen LogP contribution in [0.15, 0.2) is 42.5 Å². The monoisotopic (exact) mass is 269 g/mol. The number of nitrogens with one attached hydrogen (secondary N) is 1. The van der Waals surface area contributed by atoms with Gasteiger partial charge in [-0.25, -0.2) is 4.39 Å². The summed E-state index contributed by atoms with van der Waals surface area (Å²) in [6.45, 7) is 5.93. The molecule has 2 aromatic rings. The van der Waals surface area contributed by atoms with Gasteiger partial charge in [0.05, 0.1) is 0 Å². The Morgan fingerprint density at radius 3 is 2.25 bits per heavy atom. The van der Waals surface area contributed by atoms with Crippen molar-refractivity contribution in [3.05, 3.63) is 70.5 Å². The molecule has 1 heterocycles. The van der Waals surface area contributed by atoms with Crippen molar-refractivity contribution in [3.63, 3.8) is 0 Å². The smallest absolute Gasteiger partial charge is 0.127 e. The molecule has 0 atom stereocenters. The Balaban J connectivity index is 1.96. The second-order valence-corrected chi connectivity index (χ2v) is 6.04. The van der Waals surface area contributed by atoms with Gasteiger partial charge in [-0.1, -0.05) is 47.5 Å². The van der Waals surface area contributed by atoms with Crippen molar-refractivity contribution in [1.82, 2.24) is 5.32 Å². The van der Waals surface area contributed by atoms with Crippen LogP contribution in [0.1, 0.15) is 22.3 Å². The van der Waals surface area contributed by atoms with Gasteiger partial charge in [-0.3, -0.25) is 0 Å². The first-order chi connectivity index (χ1) is 9.59. The fraction of sp³-hybridized carbons (Fsp3) is 0.333. The van der Waals surface area contributed by atoms with Crippen molar-refractivity contribution in [2.45, 2.75) is 25.7 Å². The highest BCUT2D eigenvalue weighted by atomic mass is 19.1. The molecule has 2 heteroatoms. The molecule has 0 amide bonds. The minimum Gasteiger partial charge on any atom is -0.315 e. The molecule has 1 fully saturated rings. The van der Waals surface area contributed by atoms with Crippen molar-refractivity contribution < 1.29 is 4.39 Å². The molecular weight excluding hydrogens is 249 g/mol. The first-order valence-corrected chi connectivity index (χ1v) is 7.12. The van der Waals surface area contributed by atoms with Gasteiger partial charge in [0.15, 0.2) is 0 Å². The fourth-order valence-corrected chi connectivity index (χ4v) is 3.29. The molecule has 0 aromatic heterocycles. The summed E-state index contributed by atoms with van der Waals surface area (Å²) in [5.74, 6) is -0.0848. The molecule has 1 nitrogen and oxygen atoms in total. The fourth-order valence-electron chi connectivity index (χ4n) is 3.29. The van der Waals surface area contributed by atoms with Crippen LogP contribution in [0.25, 0.3) is 0 Å². The molecule has 104 valence electrons. The van der Waals surface area contributed by atoms with Crippen LogP contribution in [0.4, 0.5) is 4.39 Å². The number of halogens is 1. The maximum atomic E-state index is 14.1. The zero-order valence-electron chi connectivity index (χ0n) is 12.0. The van der Waals surface area contributed by atoms with Crippen LogP contribution in [0.5, 0.6) is 0 Å². The van der Waals surface area contributed by atoms with Gasteiger partial charge in [0.25, 0.3) is 0 Å². The van der Waals surface area contributed by atoms with Gasteiger partial charge in [0, 0.05) is 18.5 Å². The van der Waals surface area contributed by atoms with Gasteiger partial charge < -0.3 is 5.32 Å². The summed E-state index contributed by atoms with van der Waals surface area (Å²) < 4.78 is 14.1. The number of benzene rings is 2. The third-order valence-corrected chi connectivity index (χ3v) is 4.20. The summed E-state index contributed by atoms with van der Waals surface area (Å²) in [4.78, 5) is 0. The van der Waals surface area contributed by atoms with Crippen LogP contribution < -0.4 is 5.32 Å². The minimum atomic E-state index is -0.0917. The Labute approximate surface area is 119 Å². The lowest BCUT2D eigenvalue weighted by Gasteiger charge is -2.43. The molecule has 0 bridgehead atoms. The van der Waals surface area contributed by atoms with E-state index in [4.69, 9.17) is 0 Å². The van der Waals surface area contributed by atoms with Crippen LogP contribution in [-0.2, 0) is 11.8 Å².